The summed E-state index contributed by atoms with van der Waals surface area (Å²) in [6.07, 6.45) is 0.974. The Balaban J connectivity index is 1.83. The Morgan fingerprint density at radius 1 is 1.10 bits per heavy atom. The van der Waals surface area contributed by atoms with Crippen molar-refractivity contribution in [3.63, 3.8) is 0 Å². The molecule has 1 aromatic rings. The number of hydrogen-bond acceptors (Lipinski definition) is 7. The van der Waals surface area contributed by atoms with E-state index in [1.165, 1.54) is 0 Å². The van der Waals surface area contributed by atoms with Gasteiger partial charge < -0.3 is 31.1 Å². The van der Waals surface area contributed by atoms with Crippen molar-refractivity contribution in [1.29, 1.82) is 0 Å². The van der Waals surface area contributed by atoms with Gasteiger partial charge in [0, 0.05) is 25.0 Å². The summed E-state index contributed by atoms with van der Waals surface area (Å²) in [5.74, 6) is -1.03. The molecule has 4 amide bonds. The molecule has 4 rings (SSSR count). The molecule has 0 spiro atoms. The largest absolute Gasteiger partial charge is 0.494 e. The molecule has 2 bridgehead atoms. The second-order valence-corrected chi connectivity index (χ2v) is 11.4. The normalized spacial score (nSPS) is 23.6. The van der Waals surface area contributed by atoms with E-state index in [0.29, 0.717) is 38.2 Å². The van der Waals surface area contributed by atoms with Crippen LogP contribution in [0.2, 0.25) is 0 Å². The smallest absolute Gasteiger partial charge is 0.243 e. The van der Waals surface area contributed by atoms with Gasteiger partial charge in [-0.05, 0) is 77.6 Å². The van der Waals surface area contributed by atoms with Crippen molar-refractivity contribution in [3.8, 4) is 5.75 Å². The van der Waals surface area contributed by atoms with Gasteiger partial charge in [-0.25, -0.2) is 0 Å². The van der Waals surface area contributed by atoms with E-state index < -0.39 is 35.9 Å². The summed E-state index contributed by atoms with van der Waals surface area (Å²) < 4.78 is 5.72. The Morgan fingerprint density at radius 2 is 1.77 bits per heavy atom. The van der Waals surface area contributed by atoms with Gasteiger partial charge in [-0.1, -0.05) is 12.1 Å². The minimum absolute atomic E-state index is 0.0423. The first-order valence-electron chi connectivity index (χ1n) is 14.3. The van der Waals surface area contributed by atoms with E-state index in [1.807, 2.05) is 61.8 Å². The monoisotopic (exact) mass is 559 g/mol. The molecule has 1 aromatic carbocycles. The van der Waals surface area contributed by atoms with E-state index in [9.17, 15) is 24.3 Å². The highest BCUT2D eigenvalue weighted by Crippen LogP contribution is 2.23. The van der Waals surface area contributed by atoms with E-state index in [0.717, 1.165) is 12.0 Å². The van der Waals surface area contributed by atoms with Gasteiger partial charge in [0.2, 0.25) is 23.6 Å². The maximum atomic E-state index is 13.5. The molecule has 0 saturated carbocycles. The molecule has 11 nitrogen and oxygen atoms in total. The fourth-order valence-electron chi connectivity index (χ4n) is 5.61. The molecule has 222 valence electrons. The lowest BCUT2D eigenvalue weighted by Gasteiger charge is -2.37. The quantitative estimate of drug-likeness (QED) is 0.366. The Bertz CT molecular complexity index is 1020. The third kappa shape index (κ3) is 8.66. The van der Waals surface area contributed by atoms with Gasteiger partial charge in [-0.15, -0.1) is 0 Å². The lowest BCUT2D eigenvalue weighted by molar-refractivity contribution is -0.140. The van der Waals surface area contributed by atoms with Crippen molar-refractivity contribution < 1.29 is 29.0 Å². The number of rotatable bonds is 8. The molecule has 3 aliphatic rings. The Hall–Kier alpha value is -3.18. The third-order valence-corrected chi connectivity index (χ3v) is 7.48. The summed E-state index contributed by atoms with van der Waals surface area (Å²) in [7, 11) is 0. The number of aliphatic hydroxyl groups excluding tert-OH is 1. The first-order valence-corrected chi connectivity index (χ1v) is 14.3. The van der Waals surface area contributed by atoms with Crippen LogP contribution in [0, 0.1) is 0 Å². The summed E-state index contributed by atoms with van der Waals surface area (Å²) in [6.45, 7) is 9.14. The van der Waals surface area contributed by atoms with E-state index in [1.54, 1.807) is 0 Å². The first-order chi connectivity index (χ1) is 19.0. The summed E-state index contributed by atoms with van der Waals surface area (Å²) in [5, 5.41) is 16.9. The lowest BCUT2D eigenvalue weighted by atomic mass is 9.99. The molecule has 0 aliphatic carbocycles. The van der Waals surface area contributed by atoms with Crippen LogP contribution in [0.15, 0.2) is 24.3 Å². The molecule has 0 radical (unpaired) electrons. The van der Waals surface area contributed by atoms with Crippen molar-refractivity contribution in [2.75, 3.05) is 19.7 Å². The van der Waals surface area contributed by atoms with Gasteiger partial charge in [-0.2, -0.15) is 0 Å². The number of nitrogens with one attached hydrogen (secondary N) is 2. The second-order valence-electron chi connectivity index (χ2n) is 11.4. The predicted octanol–water partition coefficient (Wildman–Crippen LogP) is 0.717. The standard InChI is InChI=1S/C29H45N5O6/c1-18(2)34(19(3)4)29(39)24-7-5-13-33(24)17-25(35)22-15-20-9-11-21(12-10-20)40-14-6-8-27(37)31-23(16-26(30)36)28(38)32-22/h9-12,18-19,22-25,35H,5-8,13-17H2,1-4H3,(H2,30,36)(H,31,37)(H,32,38)/t22-,23?,24+,25-/m1/s1. The third-order valence-electron chi connectivity index (χ3n) is 7.48. The maximum Gasteiger partial charge on any atom is 0.243 e. The number of primary amides is 1. The molecule has 3 heterocycles. The number of aliphatic hydroxyl groups is 1. The number of nitrogens with two attached hydrogens (primary N) is 1. The highest BCUT2D eigenvalue weighted by Gasteiger charge is 2.38. The highest BCUT2D eigenvalue weighted by molar-refractivity contribution is 5.91. The molecule has 1 unspecified atom stereocenters. The van der Waals surface area contributed by atoms with Crippen molar-refractivity contribution >= 4 is 23.6 Å². The van der Waals surface area contributed by atoms with E-state index in [2.05, 4.69) is 10.6 Å². The summed E-state index contributed by atoms with van der Waals surface area (Å²) in [5.41, 5.74) is 6.23. The molecule has 3 aliphatic heterocycles. The Labute approximate surface area is 236 Å². The maximum absolute atomic E-state index is 13.5. The average molecular weight is 560 g/mol. The van der Waals surface area contributed by atoms with Crippen LogP contribution in [0.25, 0.3) is 0 Å². The van der Waals surface area contributed by atoms with Crippen LogP contribution in [-0.2, 0) is 25.6 Å². The van der Waals surface area contributed by atoms with Crippen molar-refractivity contribution in [2.24, 2.45) is 5.73 Å². The highest BCUT2D eigenvalue weighted by atomic mass is 16.5. The number of hydrogen-bond donors (Lipinski definition) is 4. The van der Waals surface area contributed by atoms with E-state index in [4.69, 9.17) is 10.5 Å². The number of likely N-dealkylation sites (tertiary alicyclic amines) is 1. The van der Waals surface area contributed by atoms with Crippen LogP contribution in [0.5, 0.6) is 5.75 Å². The van der Waals surface area contributed by atoms with Crippen LogP contribution in [0.4, 0.5) is 0 Å². The fourth-order valence-corrected chi connectivity index (χ4v) is 5.61. The summed E-state index contributed by atoms with van der Waals surface area (Å²) >= 11 is 0. The molecular formula is C29H45N5O6. The molecule has 1 saturated heterocycles. The molecule has 0 aromatic heterocycles. The number of benzene rings is 1. The van der Waals surface area contributed by atoms with Crippen LogP contribution in [0.3, 0.4) is 0 Å². The van der Waals surface area contributed by atoms with Crippen LogP contribution >= 0.6 is 0 Å². The Morgan fingerprint density at radius 3 is 2.40 bits per heavy atom. The minimum atomic E-state index is -1.17. The molecule has 11 heteroatoms. The topological polar surface area (TPSA) is 154 Å². The number of nitrogens with zero attached hydrogens (tertiary/aromatic N) is 2. The van der Waals surface area contributed by atoms with Gasteiger partial charge in [0.25, 0.3) is 0 Å². The van der Waals surface area contributed by atoms with Crippen LogP contribution < -0.4 is 21.1 Å². The summed E-state index contributed by atoms with van der Waals surface area (Å²) in [6, 6.07) is 5.21. The van der Waals surface area contributed by atoms with Gasteiger partial charge in [-0.3, -0.25) is 24.1 Å². The van der Waals surface area contributed by atoms with Crippen molar-refractivity contribution in [2.45, 2.75) is 103 Å². The van der Waals surface area contributed by atoms with Gasteiger partial charge in [0.15, 0.2) is 0 Å². The van der Waals surface area contributed by atoms with Gasteiger partial charge in [0.1, 0.15) is 11.8 Å². The van der Waals surface area contributed by atoms with Gasteiger partial charge in [0.05, 0.1) is 31.2 Å². The first kappa shape index (κ1) is 31.3. The molecule has 40 heavy (non-hydrogen) atoms. The van der Waals surface area contributed by atoms with Crippen molar-refractivity contribution in [1.82, 2.24) is 20.4 Å². The number of carbonyl (C=O) groups excluding carboxylic acids is 4. The second kappa shape index (κ2) is 14.5. The zero-order valence-corrected chi connectivity index (χ0v) is 24.1. The van der Waals surface area contributed by atoms with Crippen LogP contribution in [0.1, 0.15) is 65.4 Å². The minimum Gasteiger partial charge on any atom is -0.494 e. The van der Waals surface area contributed by atoms with E-state index >= 15 is 0 Å². The number of amides is 4. The number of carbonyl (C=O) groups is 4. The molecular weight excluding hydrogens is 514 g/mol. The predicted molar refractivity (Wildman–Crippen MR) is 150 cm³/mol. The molecule has 5 N–H and O–H groups in total. The SMILES string of the molecule is CC(C)N(C(=O)[C@@H]1CCCN1C[C@@H](O)[C@H]1Cc2ccc(cc2)OCCCC(=O)NC(CC(N)=O)C(=O)N1)C(C)C. The number of ether oxygens (including phenoxy) is 1. The molecule has 1 fully saturated rings. The zero-order valence-electron chi connectivity index (χ0n) is 24.1. The Kier molecular flexibility index (Phi) is 11.3. The number of fused-ring (bicyclic) bond motifs is 12. The summed E-state index contributed by atoms with van der Waals surface area (Å²) in [4.78, 5) is 54.8. The van der Waals surface area contributed by atoms with E-state index in [-0.39, 0.29) is 43.4 Å². The van der Waals surface area contributed by atoms with Gasteiger partial charge >= 0.3 is 0 Å². The van der Waals surface area contributed by atoms with Crippen molar-refractivity contribution in [3.05, 3.63) is 29.8 Å². The number of β-amino-alcohol motifs (C(OH)–C–C–N with tert-alkyl or cyclic N) is 1. The fraction of sp³-hybridized carbons (Fsp3) is 0.655. The zero-order chi connectivity index (χ0) is 29.4. The van der Waals surface area contributed by atoms with Crippen LogP contribution in [-0.4, -0.2) is 94.5 Å². The average Bonchev–Trinajstić information content (AvgIpc) is 3.33. The molecule has 4 atom stereocenters. The lowest BCUT2D eigenvalue weighted by Crippen LogP contribution is -2.57.